The van der Waals surface area contributed by atoms with E-state index in [1.54, 1.807) is 36.4 Å². The molecule has 7 nitrogen and oxygen atoms in total. The minimum absolute atomic E-state index is 0.155. The van der Waals surface area contributed by atoms with Gasteiger partial charge in [0.1, 0.15) is 0 Å². The number of amides is 2. The zero-order chi connectivity index (χ0) is 18.9. The van der Waals surface area contributed by atoms with Crippen LogP contribution in [0.3, 0.4) is 0 Å². The first kappa shape index (κ1) is 18.1. The van der Waals surface area contributed by atoms with E-state index in [1.165, 1.54) is 6.26 Å². The Kier molecular flexibility index (Phi) is 6.08. The number of nitrogens with zero attached hydrogens (tertiary/aromatic N) is 2. The highest BCUT2D eigenvalue weighted by Gasteiger charge is 2.08. The van der Waals surface area contributed by atoms with Crippen molar-refractivity contribution in [2.45, 2.75) is 6.42 Å². The van der Waals surface area contributed by atoms with Gasteiger partial charge in [-0.05, 0) is 48.5 Å². The summed E-state index contributed by atoms with van der Waals surface area (Å²) in [7, 11) is 0. The largest absolute Gasteiger partial charge is 0.459 e. The van der Waals surface area contributed by atoms with E-state index in [0.717, 1.165) is 5.69 Å². The minimum Gasteiger partial charge on any atom is -0.459 e. The lowest BCUT2D eigenvalue weighted by molar-refractivity contribution is -0.116. The summed E-state index contributed by atoms with van der Waals surface area (Å²) >= 11 is 0. The number of azo groups is 1. The molecular formula is C20H18N4O3. The Bertz CT molecular complexity index is 904. The van der Waals surface area contributed by atoms with Crippen molar-refractivity contribution in [2.24, 2.45) is 10.2 Å². The van der Waals surface area contributed by atoms with Crippen molar-refractivity contribution in [2.75, 3.05) is 11.9 Å². The minimum atomic E-state index is -0.346. The molecule has 2 N–H and O–H groups in total. The lowest BCUT2D eigenvalue weighted by atomic mass is 10.2. The van der Waals surface area contributed by atoms with Gasteiger partial charge in [0.15, 0.2) is 5.76 Å². The van der Waals surface area contributed by atoms with Crippen LogP contribution in [0.25, 0.3) is 0 Å². The summed E-state index contributed by atoms with van der Waals surface area (Å²) in [6.07, 6.45) is 1.58. The molecule has 3 aromatic rings. The lowest BCUT2D eigenvalue weighted by Crippen LogP contribution is -2.27. The molecule has 1 aromatic heterocycles. The van der Waals surface area contributed by atoms with Gasteiger partial charge in [0.2, 0.25) is 5.91 Å². The van der Waals surface area contributed by atoms with E-state index in [4.69, 9.17) is 4.42 Å². The molecule has 0 fully saturated rings. The van der Waals surface area contributed by atoms with Gasteiger partial charge in [0, 0.05) is 18.7 Å². The summed E-state index contributed by atoms with van der Waals surface area (Å²) in [5.41, 5.74) is 2.10. The van der Waals surface area contributed by atoms with Crippen molar-refractivity contribution in [1.82, 2.24) is 5.32 Å². The number of hydrogen-bond donors (Lipinski definition) is 2. The quantitative estimate of drug-likeness (QED) is 0.608. The highest BCUT2D eigenvalue weighted by Crippen LogP contribution is 2.20. The number of rotatable bonds is 7. The second kappa shape index (κ2) is 9.10. The number of nitrogens with one attached hydrogen (secondary N) is 2. The highest BCUT2D eigenvalue weighted by molar-refractivity contribution is 5.93. The Morgan fingerprint density at radius 1 is 0.852 bits per heavy atom. The third-order valence-electron chi connectivity index (χ3n) is 3.57. The second-order valence-corrected chi connectivity index (χ2v) is 5.61. The van der Waals surface area contributed by atoms with E-state index in [1.807, 2.05) is 30.3 Å². The third kappa shape index (κ3) is 5.64. The third-order valence-corrected chi connectivity index (χ3v) is 3.57. The van der Waals surface area contributed by atoms with E-state index < -0.39 is 0 Å². The average molecular weight is 362 g/mol. The normalized spacial score (nSPS) is 10.7. The van der Waals surface area contributed by atoms with Gasteiger partial charge >= 0.3 is 0 Å². The van der Waals surface area contributed by atoms with Gasteiger partial charge in [-0.25, -0.2) is 0 Å². The maximum atomic E-state index is 11.9. The maximum absolute atomic E-state index is 11.9. The summed E-state index contributed by atoms with van der Waals surface area (Å²) in [4.78, 5) is 23.6. The zero-order valence-electron chi connectivity index (χ0n) is 14.5. The molecule has 2 amide bonds. The van der Waals surface area contributed by atoms with E-state index in [2.05, 4.69) is 20.9 Å². The van der Waals surface area contributed by atoms with Gasteiger partial charge < -0.3 is 15.1 Å². The number of hydrogen-bond acceptors (Lipinski definition) is 5. The number of carbonyl (C=O) groups excluding carboxylic acids is 2. The number of benzene rings is 2. The molecule has 136 valence electrons. The molecule has 2 aromatic carbocycles. The summed E-state index contributed by atoms with van der Waals surface area (Å²) in [6, 6.07) is 19.6. The Balaban J connectivity index is 1.44. The summed E-state index contributed by atoms with van der Waals surface area (Å²) in [6.45, 7) is 0.217. The summed E-state index contributed by atoms with van der Waals surface area (Å²) in [5, 5.41) is 13.7. The smallest absolute Gasteiger partial charge is 0.286 e. The first-order valence-corrected chi connectivity index (χ1v) is 8.39. The average Bonchev–Trinajstić information content (AvgIpc) is 3.23. The molecule has 0 bridgehead atoms. The molecule has 3 rings (SSSR count). The van der Waals surface area contributed by atoms with Crippen LogP contribution in [0.1, 0.15) is 17.0 Å². The maximum Gasteiger partial charge on any atom is 0.286 e. The fraction of sp³-hybridized carbons (Fsp3) is 0.100. The number of furan rings is 1. The molecule has 0 radical (unpaired) electrons. The number of carbonyl (C=O) groups is 2. The van der Waals surface area contributed by atoms with Crippen LogP contribution in [-0.4, -0.2) is 18.4 Å². The zero-order valence-corrected chi connectivity index (χ0v) is 14.5. The highest BCUT2D eigenvalue weighted by atomic mass is 16.3. The van der Waals surface area contributed by atoms with Crippen LogP contribution in [0.4, 0.5) is 17.1 Å². The van der Waals surface area contributed by atoms with Crippen molar-refractivity contribution in [3.05, 3.63) is 78.8 Å². The van der Waals surface area contributed by atoms with E-state index in [-0.39, 0.29) is 30.5 Å². The van der Waals surface area contributed by atoms with Gasteiger partial charge in [-0.1, -0.05) is 18.2 Å². The summed E-state index contributed by atoms with van der Waals surface area (Å²) < 4.78 is 4.98. The fourth-order valence-electron chi connectivity index (χ4n) is 2.23. The van der Waals surface area contributed by atoms with E-state index in [0.29, 0.717) is 11.4 Å². The van der Waals surface area contributed by atoms with Crippen molar-refractivity contribution in [1.29, 1.82) is 0 Å². The molecule has 0 spiro atoms. The molecule has 0 aliphatic heterocycles. The molecule has 0 unspecified atom stereocenters. The van der Waals surface area contributed by atoms with Crippen LogP contribution in [0.2, 0.25) is 0 Å². The molecule has 0 atom stereocenters. The van der Waals surface area contributed by atoms with Gasteiger partial charge in [-0.3, -0.25) is 9.59 Å². The molecule has 0 saturated carbocycles. The van der Waals surface area contributed by atoms with E-state index in [9.17, 15) is 9.59 Å². The Morgan fingerprint density at radius 2 is 1.56 bits per heavy atom. The second-order valence-electron chi connectivity index (χ2n) is 5.61. The number of anilines is 1. The topological polar surface area (TPSA) is 96.1 Å². The van der Waals surface area contributed by atoms with Crippen molar-refractivity contribution >= 4 is 28.9 Å². The predicted molar refractivity (Wildman–Crippen MR) is 101 cm³/mol. The molecule has 0 aliphatic rings. The molecule has 1 heterocycles. The van der Waals surface area contributed by atoms with Crippen LogP contribution in [0.5, 0.6) is 0 Å². The lowest BCUT2D eigenvalue weighted by Gasteiger charge is -2.06. The van der Waals surface area contributed by atoms with Gasteiger partial charge in [0.05, 0.1) is 17.6 Å². The SMILES string of the molecule is O=C(CCNC(=O)c1ccco1)Nc1ccc(N=Nc2ccccc2)cc1. The van der Waals surface area contributed by atoms with Crippen LogP contribution < -0.4 is 10.6 Å². The summed E-state index contributed by atoms with van der Waals surface area (Å²) in [5.74, 6) is -0.329. The fourth-order valence-corrected chi connectivity index (χ4v) is 2.23. The monoisotopic (exact) mass is 362 g/mol. The molecule has 0 aliphatic carbocycles. The molecular weight excluding hydrogens is 344 g/mol. The van der Waals surface area contributed by atoms with E-state index >= 15 is 0 Å². The Morgan fingerprint density at radius 3 is 2.22 bits per heavy atom. The van der Waals surface area contributed by atoms with Crippen LogP contribution in [0.15, 0.2) is 87.6 Å². The van der Waals surface area contributed by atoms with Gasteiger partial charge in [-0.2, -0.15) is 10.2 Å². The van der Waals surface area contributed by atoms with Gasteiger partial charge in [0.25, 0.3) is 5.91 Å². The van der Waals surface area contributed by atoms with Crippen LogP contribution in [-0.2, 0) is 4.79 Å². The molecule has 27 heavy (non-hydrogen) atoms. The van der Waals surface area contributed by atoms with Crippen molar-refractivity contribution < 1.29 is 14.0 Å². The Hall–Kier alpha value is -3.74. The molecule has 7 heteroatoms. The van der Waals surface area contributed by atoms with Crippen molar-refractivity contribution in [3.63, 3.8) is 0 Å². The van der Waals surface area contributed by atoms with Crippen molar-refractivity contribution in [3.8, 4) is 0 Å². The Labute approximate surface area is 156 Å². The van der Waals surface area contributed by atoms with Crippen LogP contribution in [0, 0.1) is 0 Å². The first-order valence-electron chi connectivity index (χ1n) is 8.39. The predicted octanol–water partition coefficient (Wildman–Crippen LogP) is 4.45. The molecule has 0 saturated heterocycles. The standard InChI is InChI=1S/C20H18N4O3/c25-19(12-13-21-20(26)18-7-4-14-27-18)22-15-8-10-17(11-9-15)24-23-16-5-2-1-3-6-16/h1-11,14H,12-13H2,(H,21,26)(H,22,25). The first-order chi connectivity index (χ1) is 13.2. The van der Waals surface area contributed by atoms with Gasteiger partial charge in [-0.15, -0.1) is 0 Å². The van der Waals surface area contributed by atoms with Crippen LogP contribution >= 0.6 is 0 Å².